The maximum Gasteiger partial charge on any atom is 0.377 e. The zero-order valence-electron chi connectivity index (χ0n) is 13.8. The highest BCUT2D eigenvalue weighted by molar-refractivity contribution is 5.78. The molecule has 0 aromatic carbocycles. The number of halogens is 2. The zero-order chi connectivity index (χ0) is 17.5. The van der Waals surface area contributed by atoms with Gasteiger partial charge in [0.25, 0.3) is 0 Å². The van der Waals surface area contributed by atoms with Crippen LogP contribution in [-0.4, -0.2) is 41.7 Å². The van der Waals surface area contributed by atoms with Gasteiger partial charge in [-0.25, -0.2) is 4.79 Å². The number of esters is 1. The number of carboxylic acid groups (broad SMARTS) is 1. The Morgan fingerprint density at radius 1 is 1.35 bits per heavy atom. The van der Waals surface area contributed by atoms with Crippen molar-refractivity contribution in [2.45, 2.75) is 76.8 Å². The maximum absolute atomic E-state index is 14.1. The number of rotatable bonds is 9. The molecule has 2 unspecified atom stereocenters. The van der Waals surface area contributed by atoms with Crippen molar-refractivity contribution in [1.29, 1.82) is 0 Å². The van der Waals surface area contributed by atoms with E-state index in [1.165, 1.54) is 6.92 Å². The summed E-state index contributed by atoms with van der Waals surface area (Å²) in [6.07, 6.45) is 3.63. The van der Waals surface area contributed by atoms with Gasteiger partial charge in [0.2, 0.25) is 0 Å². The lowest BCUT2D eigenvalue weighted by atomic mass is 9.81. The van der Waals surface area contributed by atoms with Crippen LogP contribution in [-0.2, 0) is 14.3 Å². The fourth-order valence-electron chi connectivity index (χ4n) is 3.04. The predicted octanol–water partition coefficient (Wildman–Crippen LogP) is 2.98. The fourth-order valence-corrected chi connectivity index (χ4v) is 3.04. The standard InChI is InChI=1S/C16H27F2NO4/c1-3-5-9-13(14(20)21)19-12-8-6-7-11(10-12)16(17,18)15(22)23-4-2/h11-13,19H,3-10H2,1-2H3,(H,20,21)/t11?,12?,13-/m0/s1. The minimum Gasteiger partial charge on any atom is -0.480 e. The van der Waals surface area contributed by atoms with Crippen LogP contribution in [0.15, 0.2) is 0 Å². The summed E-state index contributed by atoms with van der Waals surface area (Å²) in [6, 6.07) is -1.04. The molecule has 0 radical (unpaired) electrons. The van der Waals surface area contributed by atoms with Gasteiger partial charge in [-0.15, -0.1) is 0 Å². The molecule has 134 valence electrons. The van der Waals surface area contributed by atoms with Crippen LogP contribution in [0, 0.1) is 5.92 Å². The number of aliphatic carboxylic acids is 1. The van der Waals surface area contributed by atoms with E-state index in [-0.39, 0.29) is 25.5 Å². The molecular weight excluding hydrogens is 308 g/mol. The molecule has 0 aromatic rings. The van der Waals surface area contributed by atoms with Crippen LogP contribution in [0.25, 0.3) is 0 Å². The van der Waals surface area contributed by atoms with Crippen LogP contribution in [0.2, 0.25) is 0 Å². The molecule has 3 atom stereocenters. The Morgan fingerprint density at radius 2 is 2.04 bits per heavy atom. The Bertz CT molecular complexity index is 404. The molecule has 1 aliphatic carbocycles. The van der Waals surface area contributed by atoms with Gasteiger partial charge in [0, 0.05) is 12.0 Å². The Hall–Kier alpha value is -1.24. The number of nitrogens with one attached hydrogen (secondary N) is 1. The monoisotopic (exact) mass is 335 g/mol. The molecule has 0 amide bonds. The average Bonchev–Trinajstić information content (AvgIpc) is 2.51. The molecule has 7 heteroatoms. The van der Waals surface area contributed by atoms with Crippen molar-refractivity contribution >= 4 is 11.9 Å². The maximum atomic E-state index is 14.1. The summed E-state index contributed by atoms with van der Waals surface area (Å²) in [7, 11) is 0. The van der Waals surface area contributed by atoms with Gasteiger partial charge in [0.1, 0.15) is 6.04 Å². The summed E-state index contributed by atoms with van der Waals surface area (Å²) in [6.45, 7) is 3.38. The summed E-state index contributed by atoms with van der Waals surface area (Å²) in [5, 5.41) is 12.2. The van der Waals surface area contributed by atoms with E-state index in [4.69, 9.17) is 0 Å². The van der Waals surface area contributed by atoms with Crippen LogP contribution in [0.3, 0.4) is 0 Å². The van der Waals surface area contributed by atoms with Crippen molar-refractivity contribution in [1.82, 2.24) is 5.32 Å². The van der Waals surface area contributed by atoms with Crippen molar-refractivity contribution in [3.05, 3.63) is 0 Å². The number of hydrogen-bond donors (Lipinski definition) is 2. The first kappa shape index (κ1) is 19.8. The van der Waals surface area contributed by atoms with E-state index in [0.717, 1.165) is 12.8 Å². The topological polar surface area (TPSA) is 75.6 Å². The van der Waals surface area contributed by atoms with E-state index in [2.05, 4.69) is 10.1 Å². The molecule has 0 bridgehead atoms. The third kappa shape index (κ3) is 5.71. The minimum absolute atomic E-state index is 0.0824. The van der Waals surface area contributed by atoms with Gasteiger partial charge in [0.15, 0.2) is 0 Å². The number of unbranched alkanes of at least 4 members (excludes halogenated alkanes) is 1. The number of ether oxygens (including phenoxy) is 1. The first-order valence-electron chi connectivity index (χ1n) is 8.36. The second-order valence-electron chi connectivity index (χ2n) is 6.10. The minimum atomic E-state index is -3.52. The third-order valence-corrected chi connectivity index (χ3v) is 4.32. The van der Waals surface area contributed by atoms with E-state index in [1.54, 1.807) is 0 Å². The molecule has 23 heavy (non-hydrogen) atoms. The molecule has 0 spiro atoms. The Balaban J connectivity index is 2.66. The molecular formula is C16H27F2NO4. The molecule has 0 heterocycles. The van der Waals surface area contributed by atoms with Crippen LogP contribution in [0.1, 0.15) is 58.8 Å². The van der Waals surface area contributed by atoms with Gasteiger partial charge >= 0.3 is 17.9 Å². The zero-order valence-corrected chi connectivity index (χ0v) is 13.8. The van der Waals surface area contributed by atoms with Crippen molar-refractivity contribution < 1.29 is 28.2 Å². The molecule has 1 saturated carbocycles. The van der Waals surface area contributed by atoms with Crippen molar-refractivity contribution in [3.63, 3.8) is 0 Å². The molecule has 1 fully saturated rings. The third-order valence-electron chi connectivity index (χ3n) is 4.32. The summed E-state index contributed by atoms with van der Waals surface area (Å²) >= 11 is 0. The van der Waals surface area contributed by atoms with Gasteiger partial charge in [-0.2, -0.15) is 8.78 Å². The highest BCUT2D eigenvalue weighted by Gasteiger charge is 2.50. The lowest BCUT2D eigenvalue weighted by molar-refractivity contribution is -0.182. The largest absolute Gasteiger partial charge is 0.480 e. The molecule has 2 N–H and O–H groups in total. The smallest absolute Gasteiger partial charge is 0.377 e. The SMILES string of the molecule is CCCC[C@H](NC1CCCC(C(F)(F)C(=O)OCC)C1)C(=O)O. The Labute approximate surface area is 135 Å². The number of alkyl halides is 2. The number of hydrogen-bond acceptors (Lipinski definition) is 4. The van der Waals surface area contributed by atoms with E-state index in [1.807, 2.05) is 6.92 Å². The van der Waals surface area contributed by atoms with E-state index >= 15 is 0 Å². The van der Waals surface area contributed by atoms with Crippen molar-refractivity contribution in [2.75, 3.05) is 6.61 Å². The Morgan fingerprint density at radius 3 is 2.61 bits per heavy atom. The number of carbonyl (C=O) groups excluding carboxylic acids is 1. The fraction of sp³-hybridized carbons (Fsp3) is 0.875. The van der Waals surface area contributed by atoms with Gasteiger partial charge in [-0.1, -0.05) is 26.2 Å². The number of carboxylic acids is 1. The second-order valence-corrected chi connectivity index (χ2v) is 6.10. The Kier molecular flexibility index (Phi) is 7.88. The first-order valence-corrected chi connectivity index (χ1v) is 8.36. The summed E-state index contributed by atoms with van der Waals surface area (Å²) < 4.78 is 32.8. The molecule has 0 saturated heterocycles. The van der Waals surface area contributed by atoms with Gasteiger partial charge in [0.05, 0.1) is 6.61 Å². The lowest BCUT2D eigenvalue weighted by Crippen LogP contribution is -2.49. The summed E-state index contributed by atoms with van der Waals surface area (Å²) in [5.41, 5.74) is 0. The van der Waals surface area contributed by atoms with Crippen LogP contribution in [0.5, 0.6) is 0 Å². The van der Waals surface area contributed by atoms with Gasteiger partial charge < -0.3 is 15.2 Å². The van der Waals surface area contributed by atoms with E-state index in [9.17, 15) is 23.5 Å². The first-order chi connectivity index (χ1) is 10.8. The summed E-state index contributed by atoms with van der Waals surface area (Å²) in [5.74, 6) is -7.06. The molecule has 1 rings (SSSR count). The van der Waals surface area contributed by atoms with E-state index in [0.29, 0.717) is 19.3 Å². The average molecular weight is 335 g/mol. The van der Waals surface area contributed by atoms with Crippen LogP contribution in [0.4, 0.5) is 8.78 Å². The van der Waals surface area contributed by atoms with Crippen LogP contribution >= 0.6 is 0 Å². The molecule has 5 nitrogen and oxygen atoms in total. The second kappa shape index (κ2) is 9.15. The van der Waals surface area contributed by atoms with Crippen molar-refractivity contribution in [2.24, 2.45) is 5.92 Å². The molecule has 0 aromatic heterocycles. The van der Waals surface area contributed by atoms with Gasteiger partial charge in [-0.3, -0.25) is 4.79 Å². The highest BCUT2D eigenvalue weighted by atomic mass is 19.3. The quantitative estimate of drug-likeness (QED) is 0.634. The molecule has 0 aliphatic heterocycles. The van der Waals surface area contributed by atoms with Gasteiger partial charge in [-0.05, 0) is 32.6 Å². The summed E-state index contributed by atoms with van der Waals surface area (Å²) in [4.78, 5) is 22.7. The number of carbonyl (C=O) groups is 2. The molecule has 1 aliphatic rings. The van der Waals surface area contributed by atoms with Crippen molar-refractivity contribution in [3.8, 4) is 0 Å². The highest BCUT2D eigenvalue weighted by Crippen LogP contribution is 2.37. The van der Waals surface area contributed by atoms with E-state index < -0.39 is 29.8 Å². The normalized spacial score (nSPS) is 23.3. The lowest BCUT2D eigenvalue weighted by Gasteiger charge is -2.34. The predicted molar refractivity (Wildman–Crippen MR) is 81.4 cm³/mol. The van der Waals surface area contributed by atoms with Crippen LogP contribution < -0.4 is 5.32 Å².